The van der Waals surface area contributed by atoms with Crippen molar-refractivity contribution in [3.8, 4) is 0 Å². The summed E-state index contributed by atoms with van der Waals surface area (Å²) in [7, 11) is 0. The summed E-state index contributed by atoms with van der Waals surface area (Å²) in [6.45, 7) is 8.88. The molecule has 1 aliphatic heterocycles. The SMILES string of the molecule is CC(C)(C)C(=O)N1CCN(c2ncnc3[nH]ncc23)CC1. The third kappa shape index (κ3) is 2.55. The Labute approximate surface area is 123 Å². The van der Waals surface area contributed by atoms with Gasteiger partial charge in [-0.1, -0.05) is 20.8 Å². The lowest BCUT2D eigenvalue weighted by atomic mass is 9.94. The summed E-state index contributed by atoms with van der Waals surface area (Å²) >= 11 is 0. The Morgan fingerprint density at radius 3 is 2.57 bits per heavy atom. The smallest absolute Gasteiger partial charge is 0.228 e. The number of piperazine rings is 1. The normalized spacial score (nSPS) is 16.5. The minimum Gasteiger partial charge on any atom is -0.352 e. The Kier molecular flexibility index (Phi) is 3.27. The number of fused-ring (bicyclic) bond motifs is 1. The molecule has 0 aliphatic carbocycles. The first kappa shape index (κ1) is 13.8. The van der Waals surface area contributed by atoms with Crippen molar-refractivity contribution in [1.29, 1.82) is 0 Å². The molecular weight excluding hydrogens is 268 g/mol. The number of hydrogen-bond acceptors (Lipinski definition) is 5. The molecule has 0 atom stereocenters. The number of rotatable bonds is 1. The van der Waals surface area contributed by atoms with Gasteiger partial charge in [0.15, 0.2) is 5.65 Å². The predicted molar refractivity (Wildman–Crippen MR) is 79.9 cm³/mol. The average Bonchev–Trinajstić information content (AvgIpc) is 2.94. The molecule has 0 saturated carbocycles. The maximum absolute atomic E-state index is 12.3. The van der Waals surface area contributed by atoms with Gasteiger partial charge in [0.05, 0.1) is 11.6 Å². The van der Waals surface area contributed by atoms with E-state index in [0.29, 0.717) is 0 Å². The summed E-state index contributed by atoms with van der Waals surface area (Å²) in [6, 6.07) is 0. The second kappa shape index (κ2) is 4.98. The van der Waals surface area contributed by atoms with E-state index in [2.05, 4.69) is 25.1 Å². The zero-order valence-corrected chi connectivity index (χ0v) is 12.6. The first-order valence-corrected chi connectivity index (χ1v) is 7.15. The molecule has 1 aliphatic rings. The van der Waals surface area contributed by atoms with Crippen molar-refractivity contribution in [2.45, 2.75) is 20.8 Å². The summed E-state index contributed by atoms with van der Waals surface area (Å²) < 4.78 is 0. The number of carbonyl (C=O) groups excluding carboxylic acids is 1. The zero-order valence-electron chi connectivity index (χ0n) is 12.6. The Balaban J connectivity index is 1.74. The summed E-state index contributed by atoms with van der Waals surface area (Å²) in [5.74, 6) is 1.09. The molecule has 7 nitrogen and oxygen atoms in total. The highest BCUT2D eigenvalue weighted by Crippen LogP contribution is 2.24. The van der Waals surface area contributed by atoms with E-state index < -0.39 is 0 Å². The number of aromatic amines is 1. The lowest BCUT2D eigenvalue weighted by Gasteiger charge is -2.38. The maximum atomic E-state index is 12.3. The number of carbonyl (C=O) groups is 1. The van der Waals surface area contributed by atoms with Gasteiger partial charge in [-0.3, -0.25) is 9.89 Å². The van der Waals surface area contributed by atoms with Crippen LogP contribution in [0.2, 0.25) is 0 Å². The maximum Gasteiger partial charge on any atom is 0.228 e. The molecule has 2 aromatic rings. The van der Waals surface area contributed by atoms with E-state index in [1.807, 2.05) is 25.7 Å². The molecule has 21 heavy (non-hydrogen) atoms. The van der Waals surface area contributed by atoms with Crippen molar-refractivity contribution in [3.63, 3.8) is 0 Å². The van der Waals surface area contributed by atoms with E-state index in [4.69, 9.17) is 0 Å². The van der Waals surface area contributed by atoms with Gasteiger partial charge in [0.1, 0.15) is 12.1 Å². The minimum absolute atomic E-state index is 0.207. The Morgan fingerprint density at radius 1 is 1.19 bits per heavy atom. The van der Waals surface area contributed by atoms with Gasteiger partial charge in [0.2, 0.25) is 5.91 Å². The van der Waals surface area contributed by atoms with E-state index in [0.717, 1.165) is 43.0 Å². The van der Waals surface area contributed by atoms with Crippen LogP contribution in [0.5, 0.6) is 0 Å². The largest absolute Gasteiger partial charge is 0.352 e. The topological polar surface area (TPSA) is 78.0 Å². The number of nitrogens with zero attached hydrogens (tertiary/aromatic N) is 5. The van der Waals surface area contributed by atoms with Crippen LogP contribution in [-0.2, 0) is 4.79 Å². The quantitative estimate of drug-likeness (QED) is 0.848. The molecule has 7 heteroatoms. The van der Waals surface area contributed by atoms with Gasteiger partial charge in [-0.05, 0) is 0 Å². The molecule has 0 aromatic carbocycles. The number of anilines is 1. The number of nitrogens with one attached hydrogen (secondary N) is 1. The van der Waals surface area contributed by atoms with Gasteiger partial charge in [0.25, 0.3) is 0 Å². The van der Waals surface area contributed by atoms with Gasteiger partial charge < -0.3 is 9.80 Å². The lowest BCUT2D eigenvalue weighted by Crippen LogP contribution is -2.51. The number of aromatic nitrogens is 4. The van der Waals surface area contributed by atoms with Gasteiger partial charge >= 0.3 is 0 Å². The standard InChI is InChI=1S/C14H20N6O/c1-14(2,3)13(21)20-6-4-19(5-7-20)12-10-8-17-18-11(10)15-9-16-12/h8-9H,4-7H2,1-3H3,(H,15,16,17,18). The average molecular weight is 288 g/mol. The molecule has 1 amide bonds. The second-order valence-electron chi connectivity index (χ2n) is 6.36. The molecule has 2 aromatic heterocycles. The summed E-state index contributed by atoms with van der Waals surface area (Å²) in [6.07, 6.45) is 3.29. The third-order valence-corrected chi connectivity index (χ3v) is 3.73. The lowest BCUT2D eigenvalue weighted by molar-refractivity contribution is -0.139. The second-order valence-corrected chi connectivity index (χ2v) is 6.36. The summed E-state index contributed by atoms with van der Waals surface area (Å²) in [5, 5.41) is 7.79. The summed E-state index contributed by atoms with van der Waals surface area (Å²) in [4.78, 5) is 24.9. The number of amides is 1. The fourth-order valence-electron chi connectivity index (χ4n) is 2.60. The van der Waals surface area contributed by atoms with Crippen LogP contribution in [-0.4, -0.2) is 57.2 Å². The van der Waals surface area contributed by atoms with E-state index in [1.54, 1.807) is 12.5 Å². The molecule has 0 unspecified atom stereocenters. The van der Waals surface area contributed by atoms with Crippen LogP contribution >= 0.6 is 0 Å². The van der Waals surface area contributed by atoms with Crippen molar-refractivity contribution in [2.75, 3.05) is 31.1 Å². The van der Waals surface area contributed by atoms with Crippen molar-refractivity contribution >= 4 is 22.8 Å². The highest BCUT2D eigenvalue weighted by atomic mass is 16.2. The van der Waals surface area contributed by atoms with E-state index in [9.17, 15) is 4.79 Å². The van der Waals surface area contributed by atoms with Crippen molar-refractivity contribution < 1.29 is 4.79 Å². The fraction of sp³-hybridized carbons (Fsp3) is 0.571. The molecule has 1 N–H and O–H groups in total. The minimum atomic E-state index is -0.324. The van der Waals surface area contributed by atoms with Crippen LogP contribution in [0.1, 0.15) is 20.8 Å². The van der Waals surface area contributed by atoms with Gasteiger partial charge in [-0.25, -0.2) is 9.97 Å². The van der Waals surface area contributed by atoms with Crippen molar-refractivity contribution in [1.82, 2.24) is 25.1 Å². The van der Waals surface area contributed by atoms with Gasteiger partial charge in [0, 0.05) is 31.6 Å². The number of hydrogen-bond donors (Lipinski definition) is 1. The molecular formula is C14H20N6O. The molecule has 1 saturated heterocycles. The first-order chi connectivity index (χ1) is 9.97. The highest BCUT2D eigenvalue weighted by molar-refractivity contribution is 5.86. The number of H-pyrrole nitrogens is 1. The molecule has 0 spiro atoms. The molecule has 0 bridgehead atoms. The molecule has 0 radical (unpaired) electrons. The Bertz CT molecular complexity index is 651. The van der Waals surface area contributed by atoms with Crippen molar-refractivity contribution in [3.05, 3.63) is 12.5 Å². The van der Waals surface area contributed by atoms with Gasteiger partial charge in [-0.15, -0.1) is 0 Å². The van der Waals surface area contributed by atoms with Crippen LogP contribution in [0.4, 0.5) is 5.82 Å². The fourth-order valence-corrected chi connectivity index (χ4v) is 2.60. The summed E-state index contributed by atoms with van der Waals surface area (Å²) in [5.41, 5.74) is 0.419. The predicted octanol–water partition coefficient (Wildman–Crippen LogP) is 1.05. The first-order valence-electron chi connectivity index (χ1n) is 7.15. The molecule has 112 valence electrons. The zero-order chi connectivity index (χ0) is 15.0. The van der Waals surface area contributed by atoms with Crippen LogP contribution in [0.15, 0.2) is 12.5 Å². The van der Waals surface area contributed by atoms with Crippen LogP contribution in [0, 0.1) is 5.41 Å². The van der Waals surface area contributed by atoms with Crippen LogP contribution < -0.4 is 4.90 Å². The Morgan fingerprint density at radius 2 is 1.90 bits per heavy atom. The van der Waals surface area contributed by atoms with E-state index in [-0.39, 0.29) is 11.3 Å². The van der Waals surface area contributed by atoms with Crippen LogP contribution in [0.3, 0.4) is 0 Å². The molecule has 3 heterocycles. The van der Waals surface area contributed by atoms with Gasteiger partial charge in [-0.2, -0.15) is 5.10 Å². The highest BCUT2D eigenvalue weighted by Gasteiger charge is 2.30. The van der Waals surface area contributed by atoms with Crippen LogP contribution in [0.25, 0.3) is 11.0 Å². The Hall–Kier alpha value is -2.18. The molecule has 1 fully saturated rings. The van der Waals surface area contributed by atoms with E-state index >= 15 is 0 Å². The van der Waals surface area contributed by atoms with E-state index in [1.165, 1.54) is 0 Å². The molecule has 3 rings (SSSR count). The van der Waals surface area contributed by atoms with Crippen molar-refractivity contribution in [2.24, 2.45) is 5.41 Å². The third-order valence-electron chi connectivity index (χ3n) is 3.73. The monoisotopic (exact) mass is 288 g/mol.